The Balaban J connectivity index is 1.71. The van der Waals surface area contributed by atoms with Crippen LogP contribution in [0.5, 0.6) is 0 Å². The van der Waals surface area contributed by atoms with E-state index in [1.54, 1.807) is 27.2 Å². The number of piperidine rings is 1. The predicted molar refractivity (Wildman–Crippen MR) is 216 cm³/mol. The molecule has 0 spiro atoms. The molecule has 13 atom stereocenters. The number of rotatable bonds is 8. The fourth-order valence-electron chi connectivity index (χ4n) is 9.53. The number of hydrogen-bond acceptors (Lipinski definition) is 11. The molecule has 1 aliphatic carbocycles. The Labute approximate surface area is 340 Å². The van der Waals surface area contributed by atoms with E-state index in [0.29, 0.717) is 64.4 Å². The number of ketones is 2. The number of methoxy groups -OCH3 is 2. The number of esters is 1. The SMILES string of the molecule is C=CCOC1CCC(C=C(C)C2OC(=O)C3CCCCN3C(=O)C(=O)C3(O)OC(C(OC)CC(C)C/C(C)=C/C(CC)C(=O)CCC2C)C(OC)CC3C)CC1O. The average Bonchev–Trinajstić information content (AvgIpc) is 3.19. The Bertz CT molecular complexity index is 1460. The number of aliphatic hydroxyl groups excluding tert-OH is 1. The molecule has 3 aliphatic heterocycles. The molecule has 13 unspecified atom stereocenters. The van der Waals surface area contributed by atoms with Crippen LogP contribution in [0.4, 0.5) is 0 Å². The van der Waals surface area contributed by atoms with Crippen LogP contribution in [0.2, 0.25) is 0 Å². The Morgan fingerprint density at radius 2 is 1.70 bits per heavy atom. The maximum Gasteiger partial charge on any atom is 0.329 e. The van der Waals surface area contributed by atoms with E-state index in [4.69, 9.17) is 23.7 Å². The van der Waals surface area contributed by atoms with Gasteiger partial charge in [-0.1, -0.05) is 51.5 Å². The third-order valence-electron chi connectivity index (χ3n) is 12.9. The van der Waals surface area contributed by atoms with Gasteiger partial charge >= 0.3 is 5.97 Å². The smallest absolute Gasteiger partial charge is 0.329 e. The van der Waals surface area contributed by atoms with Crippen LogP contribution in [0.25, 0.3) is 0 Å². The van der Waals surface area contributed by atoms with Crippen molar-refractivity contribution < 1.29 is 53.1 Å². The maximum atomic E-state index is 14.3. The predicted octanol–water partition coefficient (Wildman–Crippen LogP) is 6.06. The van der Waals surface area contributed by atoms with Crippen molar-refractivity contribution >= 4 is 23.4 Å². The Kier molecular flexibility index (Phi) is 17.7. The van der Waals surface area contributed by atoms with Gasteiger partial charge < -0.3 is 38.8 Å². The first-order valence-electron chi connectivity index (χ1n) is 21.4. The molecule has 0 radical (unpaired) electrons. The first-order chi connectivity index (χ1) is 27.1. The van der Waals surface area contributed by atoms with E-state index in [-0.39, 0.29) is 54.9 Å². The van der Waals surface area contributed by atoms with Gasteiger partial charge in [-0.05, 0) is 108 Å². The lowest BCUT2D eigenvalue weighted by atomic mass is 9.82. The highest BCUT2D eigenvalue weighted by Crippen LogP contribution is 2.39. The summed E-state index contributed by atoms with van der Waals surface area (Å²) in [5.41, 5.74) is 1.88. The van der Waals surface area contributed by atoms with E-state index in [9.17, 15) is 29.4 Å². The van der Waals surface area contributed by atoms with Crippen molar-refractivity contribution in [2.75, 3.05) is 27.4 Å². The van der Waals surface area contributed by atoms with Gasteiger partial charge in [-0.15, -0.1) is 6.58 Å². The van der Waals surface area contributed by atoms with Gasteiger partial charge in [0.2, 0.25) is 5.79 Å². The van der Waals surface area contributed by atoms with Gasteiger partial charge in [-0.3, -0.25) is 14.4 Å². The summed E-state index contributed by atoms with van der Waals surface area (Å²) in [4.78, 5) is 57.7. The molecular formula is C45H71NO11. The topological polar surface area (TPSA) is 158 Å². The number of cyclic esters (lactones) is 1. The number of Topliss-reactive ketones (excluding diaryl/α,β-unsaturated/α-hetero) is 2. The molecule has 3 heterocycles. The molecule has 322 valence electrons. The summed E-state index contributed by atoms with van der Waals surface area (Å²) >= 11 is 0. The van der Waals surface area contributed by atoms with E-state index in [2.05, 4.69) is 25.7 Å². The quantitative estimate of drug-likeness (QED) is 0.167. The van der Waals surface area contributed by atoms with Crippen molar-refractivity contribution in [2.45, 2.75) is 167 Å². The van der Waals surface area contributed by atoms with Gasteiger partial charge in [0, 0.05) is 39.0 Å². The van der Waals surface area contributed by atoms with Crippen molar-refractivity contribution in [2.24, 2.45) is 29.6 Å². The fourth-order valence-corrected chi connectivity index (χ4v) is 9.53. The molecule has 0 aromatic rings. The van der Waals surface area contributed by atoms with Crippen LogP contribution in [0.1, 0.15) is 119 Å². The van der Waals surface area contributed by atoms with Crippen molar-refractivity contribution in [3.8, 4) is 0 Å². The lowest BCUT2D eigenvalue weighted by Crippen LogP contribution is -2.64. The van der Waals surface area contributed by atoms with Gasteiger partial charge in [-0.25, -0.2) is 4.79 Å². The molecule has 57 heavy (non-hydrogen) atoms. The van der Waals surface area contributed by atoms with E-state index in [1.807, 2.05) is 27.7 Å². The number of carbonyl (C=O) groups is 4. The van der Waals surface area contributed by atoms with E-state index in [0.717, 1.165) is 17.6 Å². The third kappa shape index (κ3) is 11.7. The minimum Gasteiger partial charge on any atom is -0.456 e. The van der Waals surface area contributed by atoms with Crippen molar-refractivity contribution in [1.29, 1.82) is 0 Å². The third-order valence-corrected chi connectivity index (χ3v) is 12.9. The zero-order chi connectivity index (χ0) is 42.0. The van der Waals surface area contributed by atoms with E-state index in [1.165, 1.54) is 4.90 Å². The minimum atomic E-state index is -2.47. The van der Waals surface area contributed by atoms with Gasteiger partial charge in [0.05, 0.1) is 31.0 Å². The molecule has 0 aromatic heterocycles. The number of hydrogen-bond donors (Lipinski definition) is 2. The second kappa shape index (κ2) is 21.5. The number of aliphatic hydroxyl groups is 2. The second-order valence-corrected chi connectivity index (χ2v) is 17.4. The van der Waals surface area contributed by atoms with Crippen LogP contribution < -0.4 is 0 Å². The summed E-state index contributed by atoms with van der Waals surface area (Å²) in [6, 6.07) is -1.05. The molecule has 1 saturated carbocycles. The van der Waals surface area contributed by atoms with Gasteiger partial charge in [-0.2, -0.15) is 0 Å². The standard InChI is InChI=1S/C45H71NO11/c1-10-20-55-37-18-16-32(26-36(37)48)24-30(6)40-29(5)15-17-35(47)33(11-2)22-27(3)21-28(4)23-38(53-8)41-39(54-9)25-31(7)45(52,57-41)42(49)43(50)46-19-13-12-14-34(46)44(51)56-40/h10,22,24,28-29,31-34,36-41,48,52H,1,11-21,23,25-26H2,2-9H3/b27-22+,30-24?. The van der Waals surface area contributed by atoms with Gasteiger partial charge in [0.1, 0.15) is 24.0 Å². The normalized spacial score (nSPS) is 39.6. The van der Waals surface area contributed by atoms with Crippen molar-refractivity contribution in [1.82, 2.24) is 4.90 Å². The molecule has 0 aromatic carbocycles. The molecule has 12 heteroatoms. The molecule has 2 N–H and O–H groups in total. The summed E-state index contributed by atoms with van der Waals surface area (Å²) in [6.45, 7) is 15.9. The number of amides is 1. The highest BCUT2D eigenvalue weighted by Gasteiger charge is 2.56. The number of carbonyl (C=O) groups excluding carboxylic acids is 4. The first kappa shape index (κ1) is 46.9. The number of allylic oxidation sites excluding steroid dienone is 3. The summed E-state index contributed by atoms with van der Waals surface area (Å²) in [5.74, 6) is -6.32. The van der Waals surface area contributed by atoms with Crippen molar-refractivity contribution in [3.63, 3.8) is 0 Å². The average molecular weight is 802 g/mol. The number of ether oxygens (including phenoxy) is 5. The minimum absolute atomic E-state index is 0.0177. The van der Waals surface area contributed by atoms with Gasteiger partial charge in [0.25, 0.3) is 11.7 Å². The molecular weight excluding hydrogens is 730 g/mol. The lowest BCUT2D eigenvalue weighted by molar-refractivity contribution is -0.302. The van der Waals surface area contributed by atoms with Crippen LogP contribution in [0, 0.1) is 29.6 Å². The zero-order valence-corrected chi connectivity index (χ0v) is 35.8. The maximum absolute atomic E-state index is 14.3. The second-order valence-electron chi connectivity index (χ2n) is 17.4. The molecule has 4 rings (SSSR count). The van der Waals surface area contributed by atoms with Crippen LogP contribution >= 0.6 is 0 Å². The lowest BCUT2D eigenvalue weighted by Gasteiger charge is -2.47. The molecule has 4 aliphatic rings. The molecule has 3 fully saturated rings. The van der Waals surface area contributed by atoms with Gasteiger partial charge in [0.15, 0.2) is 0 Å². The molecule has 2 bridgehead atoms. The highest BCUT2D eigenvalue weighted by atomic mass is 16.7. The van der Waals surface area contributed by atoms with E-state index < -0.39 is 65.9 Å². The molecule has 2 saturated heterocycles. The first-order valence-corrected chi connectivity index (χ1v) is 21.4. The molecule has 1 amide bonds. The van der Waals surface area contributed by atoms with Crippen LogP contribution in [-0.2, 0) is 42.9 Å². The largest absolute Gasteiger partial charge is 0.456 e. The molecule has 12 nitrogen and oxygen atoms in total. The summed E-state index contributed by atoms with van der Waals surface area (Å²) in [7, 11) is 3.10. The Morgan fingerprint density at radius 1 is 1.00 bits per heavy atom. The van der Waals surface area contributed by atoms with Crippen LogP contribution in [0.15, 0.2) is 36.0 Å². The zero-order valence-electron chi connectivity index (χ0n) is 35.8. The monoisotopic (exact) mass is 802 g/mol. The number of nitrogens with zero attached hydrogens (tertiary/aromatic N) is 1. The number of fused-ring (bicyclic) bond motifs is 3. The Morgan fingerprint density at radius 3 is 2.35 bits per heavy atom. The van der Waals surface area contributed by atoms with E-state index >= 15 is 0 Å². The highest BCUT2D eigenvalue weighted by molar-refractivity contribution is 6.39. The summed E-state index contributed by atoms with van der Waals surface area (Å²) < 4.78 is 30.1. The van der Waals surface area contributed by atoms with Crippen LogP contribution in [0.3, 0.4) is 0 Å². The summed E-state index contributed by atoms with van der Waals surface area (Å²) in [6.07, 6.45) is 8.50. The van der Waals surface area contributed by atoms with Crippen LogP contribution in [-0.4, -0.2) is 114 Å². The fraction of sp³-hybridized carbons (Fsp3) is 0.778. The van der Waals surface area contributed by atoms with Crippen molar-refractivity contribution in [3.05, 3.63) is 36.0 Å². The summed E-state index contributed by atoms with van der Waals surface area (Å²) in [5, 5.41) is 22.9. The Hall–Kier alpha value is -2.74.